The summed E-state index contributed by atoms with van der Waals surface area (Å²) in [5.41, 5.74) is 3.88. The molecule has 9 heteroatoms. The van der Waals surface area contributed by atoms with E-state index in [4.69, 9.17) is 19.6 Å². The highest BCUT2D eigenvalue weighted by Gasteiger charge is 2.21. The Morgan fingerprint density at radius 3 is 2.17 bits per heavy atom. The highest BCUT2D eigenvalue weighted by Crippen LogP contribution is 2.32. The van der Waals surface area contributed by atoms with E-state index in [9.17, 15) is 0 Å². The number of benzene rings is 2. The maximum absolute atomic E-state index is 6.17. The monoisotopic (exact) mass is 572 g/mol. The van der Waals surface area contributed by atoms with E-state index in [0.717, 1.165) is 63.2 Å². The molecule has 4 rings (SSSR count). The van der Waals surface area contributed by atoms with Crippen molar-refractivity contribution < 1.29 is 9.47 Å². The van der Waals surface area contributed by atoms with Gasteiger partial charge in [0.1, 0.15) is 19.2 Å². The van der Waals surface area contributed by atoms with Gasteiger partial charge in [0.2, 0.25) is 0 Å². The molecule has 0 saturated heterocycles. The number of imidazole rings is 1. The van der Waals surface area contributed by atoms with Crippen LogP contribution in [0.2, 0.25) is 51.4 Å². The Morgan fingerprint density at radius 2 is 1.49 bits per heavy atom. The van der Waals surface area contributed by atoms with Gasteiger partial charge in [-0.3, -0.25) is 4.57 Å². The van der Waals surface area contributed by atoms with Crippen molar-refractivity contribution in [2.75, 3.05) is 13.2 Å². The summed E-state index contributed by atoms with van der Waals surface area (Å²) >= 11 is 3.65. The summed E-state index contributed by atoms with van der Waals surface area (Å²) in [4.78, 5) is 5.00. The molecule has 0 saturated carbocycles. The number of hydrogen-bond donors (Lipinski definition) is 0. The van der Waals surface area contributed by atoms with Crippen molar-refractivity contribution in [2.24, 2.45) is 0 Å². The molecule has 0 N–H and O–H groups in total. The zero-order valence-electron chi connectivity index (χ0n) is 21.8. The molecule has 0 unspecified atom stereocenters. The van der Waals surface area contributed by atoms with Crippen LogP contribution in [0.1, 0.15) is 0 Å². The molecule has 188 valence electrons. The van der Waals surface area contributed by atoms with Crippen LogP contribution in [0, 0.1) is 0 Å². The number of ether oxygens (including phenoxy) is 2. The van der Waals surface area contributed by atoms with Crippen LogP contribution in [-0.4, -0.2) is 48.7 Å². The van der Waals surface area contributed by atoms with Crippen LogP contribution >= 0.6 is 15.9 Å². The number of aromatic nitrogens is 4. The lowest BCUT2D eigenvalue weighted by atomic mass is 10.2. The summed E-state index contributed by atoms with van der Waals surface area (Å²) in [5.74, 6) is 0.822. The lowest BCUT2D eigenvalue weighted by Crippen LogP contribution is -2.22. The predicted octanol–water partition coefficient (Wildman–Crippen LogP) is 7.44. The minimum Gasteiger partial charge on any atom is -0.361 e. The summed E-state index contributed by atoms with van der Waals surface area (Å²) in [6, 6.07) is 16.7. The fraction of sp³-hybridized carbons (Fsp3) is 0.462. The smallest absolute Gasteiger partial charge is 0.164 e. The van der Waals surface area contributed by atoms with E-state index in [1.54, 1.807) is 0 Å². The summed E-state index contributed by atoms with van der Waals surface area (Å²) < 4.78 is 17.4. The summed E-state index contributed by atoms with van der Waals surface area (Å²) in [6.45, 7) is 16.6. The molecule has 0 fully saturated rings. The highest BCUT2D eigenvalue weighted by atomic mass is 79.9. The topological polar surface area (TPSA) is 54.1 Å². The molecule has 0 bridgehead atoms. The van der Waals surface area contributed by atoms with Crippen molar-refractivity contribution >= 4 is 54.0 Å². The number of rotatable bonds is 11. The van der Waals surface area contributed by atoms with Crippen LogP contribution in [0.3, 0.4) is 0 Å². The minimum atomic E-state index is -1.16. The molecule has 6 nitrogen and oxygen atoms in total. The maximum atomic E-state index is 6.17. The van der Waals surface area contributed by atoms with Crippen molar-refractivity contribution in [3.8, 4) is 11.5 Å². The first-order chi connectivity index (χ1) is 16.5. The second kappa shape index (κ2) is 10.7. The van der Waals surface area contributed by atoms with Crippen molar-refractivity contribution in [3.63, 3.8) is 0 Å². The van der Waals surface area contributed by atoms with Crippen LogP contribution in [0.5, 0.6) is 0 Å². The van der Waals surface area contributed by atoms with Gasteiger partial charge in [-0.05, 0) is 42.4 Å². The van der Waals surface area contributed by atoms with E-state index < -0.39 is 16.1 Å². The van der Waals surface area contributed by atoms with Gasteiger partial charge in [-0.15, -0.1) is 0 Å². The van der Waals surface area contributed by atoms with Crippen molar-refractivity contribution in [1.29, 1.82) is 0 Å². The van der Waals surface area contributed by atoms with Gasteiger partial charge in [0.25, 0.3) is 0 Å². The second-order valence-electron chi connectivity index (χ2n) is 11.6. The van der Waals surface area contributed by atoms with Gasteiger partial charge >= 0.3 is 0 Å². The Morgan fingerprint density at radius 1 is 0.829 bits per heavy atom. The molecule has 0 atom stereocenters. The van der Waals surface area contributed by atoms with Crippen molar-refractivity contribution in [2.45, 2.75) is 64.8 Å². The first kappa shape index (κ1) is 26.3. The van der Waals surface area contributed by atoms with Gasteiger partial charge < -0.3 is 9.47 Å². The van der Waals surface area contributed by atoms with Gasteiger partial charge in [-0.1, -0.05) is 67.3 Å². The van der Waals surface area contributed by atoms with Crippen molar-refractivity contribution in [3.05, 3.63) is 46.9 Å². The molecular formula is C26H37BrN4O2Si2. The molecule has 0 spiro atoms. The van der Waals surface area contributed by atoms with Crippen LogP contribution in [0.4, 0.5) is 0 Å². The molecule has 4 aromatic rings. The third kappa shape index (κ3) is 6.71. The minimum absolute atomic E-state index is 0.426. The quantitative estimate of drug-likeness (QED) is 0.138. The van der Waals surface area contributed by atoms with Gasteiger partial charge in [0.05, 0.1) is 16.6 Å². The van der Waals surface area contributed by atoms with E-state index in [2.05, 4.69) is 84.0 Å². The van der Waals surface area contributed by atoms with Crippen LogP contribution in [-0.2, 0) is 22.9 Å². The molecule has 2 aromatic carbocycles. The fourth-order valence-electron chi connectivity index (χ4n) is 3.87. The number of halogens is 1. The zero-order chi connectivity index (χ0) is 25.2. The van der Waals surface area contributed by atoms with E-state index in [-0.39, 0.29) is 0 Å². The number of nitrogens with zero attached hydrogens (tertiary/aromatic N) is 4. The Bertz CT molecular complexity index is 1300. The van der Waals surface area contributed by atoms with Gasteiger partial charge in [-0.2, -0.15) is 5.10 Å². The molecule has 2 heterocycles. The van der Waals surface area contributed by atoms with Crippen molar-refractivity contribution in [1.82, 2.24) is 19.3 Å². The summed E-state index contributed by atoms with van der Waals surface area (Å²) in [7, 11) is -2.30. The highest BCUT2D eigenvalue weighted by molar-refractivity contribution is 9.10. The lowest BCUT2D eigenvalue weighted by molar-refractivity contribution is 0.0817. The molecule has 0 aliphatic rings. The second-order valence-corrected chi connectivity index (χ2v) is 23.7. The first-order valence-electron chi connectivity index (χ1n) is 12.3. The molecule has 0 radical (unpaired) electrons. The van der Waals surface area contributed by atoms with Gasteiger partial charge in [0.15, 0.2) is 5.82 Å². The zero-order valence-corrected chi connectivity index (χ0v) is 25.4. The summed E-state index contributed by atoms with van der Waals surface area (Å²) in [5, 5.41) is 6.06. The van der Waals surface area contributed by atoms with E-state index in [0.29, 0.717) is 13.5 Å². The summed E-state index contributed by atoms with van der Waals surface area (Å²) in [6.07, 6.45) is 0. The molecule has 35 heavy (non-hydrogen) atoms. The largest absolute Gasteiger partial charge is 0.361 e. The van der Waals surface area contributed by atoms with E-state index >= 15 is 0 Å². The average Bonchev–Trinajstić information content (AvgIpc) is 3.31. The van der Waals surface area contributed by atoms with E-state index in [1.165, 1.54) is 0 Å². The van der Waals surface area contributed by atoms with Crippen LogP contribution in [0.25, 0.3) is 33.5 Å². The van der Waals surface area contributed by atoms with Gasteiger partial charge in [0, 0.05) is 39.2 Å². The normalized spacial score (nSPS) is 12.8. The third-order valence-electron chi connectivity index (χ3n) is 6.01. The van der Waals surface area contributed by atoms with Crippen LogP contribution < -0.4 is 0 Å². The number of hydrogen-bond acceptors (Lipinski definition) is 4. The molecule has 0 amide bonds. The standard InChI is InChI=1S/C26H37BrN4O2Si2/c1-34(2,3)15-13-32-18-30-24-10-8-7-9-22(24)28-26(30)25-21-17-20(27)11-12-23(21)31(29-25)19-33-14-16-35(4,5)6/h7-12,17H,13-16,18-19H2,1-6H3. The Labute approximate surface area is 218 Å². The Hall–Kier alpha value is -1.79. The maximum Gasteiger partial charge on any atom is 0.164 e. The number of para-hydroxylation sites is 2. The Kier molecular flexibility index (Phi) is 8.02. The van der Waals surface area contributed by atoms with E-state index in [1.807, 2.05) is 22.9 Å². The molecule has 0 aliphatic heterocycles. The van der Waals surface area contributed by atoms with Crippen LogP contribution in [0.15, 0.2) is 46.9 Å². The molecule has 2 aromatic heterocycles. The average molecular weight is 574 g/mol. The first-order valence-corrected chi connectivity index (χ1v) is 20.5. The SMILES string of the molecule is C[Si](C)(C)CCOCn1nc(-c2nc3ccccc3n2COCC[Si](C)(C)C)c2cc(Br)ccc21. The third-order valence-corrected chi connectivity index (χ3v) is 9.91. The Balaban J connectivity index is 1.69. The number of fused-ring (bicyclic) bond motifs is 2. The van der Waals surface area contributed by atoms with Gasteiger partial charge in [-0.25, -0.2) is 9.67 Å². The fourth-order valence-corrected chi connectivity index (χ4v) is 5.74. The molecular weight excluding hydrogens is 536 g/mol. The lowest BCUT2D eigenvalue weighted by Gasteiger charge is -2.16. The predicted molar refractivity (Wildman–Crippen MR) is 154 cm³/mol. The molecule has 0 aliphatic carbocycles.